The number of carboxylic acid groups (broad SMARTS) is 2. The van der Waals surface area contributed by atoms with Gasteiger partial charge in [0.05, 0.1) is 43.0 Å². The van der Waals surface area contributed by atoms with Crippen LogP contribution in [0, 0.1) is 94.7 Å². The van der Waals surface area contributed by atoms with Crippen LogP contribution in [0.5, 0.6) is 0 Å². The van der Waals surface area contributed by atoms with Crippen molar-refractivity contribution in [3.8, 4) is 0 Å². The third-order valence-corrected chi connectivity index (χ3v) is 19.4. The van der Waals surface area contributed by atoms with Gasteiger partial charge in [-0.25, -0.2) is 19.6 Å². The fourth-order valence-electron chi connectivity index (χ4n) is 15.0. The van der Waals surface area contributed by atoms with Crippen LogP contribution in [-0.4, -0.2) is 98.1 Å². The summed E-state index contributed by atoms with van der Waals surface area (Å²) < 4.78 is 107. The van der Waals surface area contributed by atoms with E-state index in [1.54, 1.807) is 6.08 Å². The summed E-state index contributed by atoms with van der Waals surface area (Å²) in [6.45, 7) is 32.3. The van der Waals surface area contributed by atoms with Crippen LogP contribution >= 0.6 is 15.9 Å². The summed E-state index contributed by atoms with van der Waals surface area (Å²) in [5.74, 6) is 3.37. The molecule has 0 spiro atoms. The molecule has 0 radical (unpaired) electrons. The van der Waals surface area contributed by atoms with Crippen molar-refractivity contribution in [2.24, 2.45) is 87.8 Å². The van der Waals surface area contributed by atoms with E-state index in [-0.39, 0.29) is 84.6 Å². The molecule has 0 aromatic rings. The zero-order valence-corrected chi connectivity index (χ0v) is 53.7. The van der Waals surface area contributed by atoms with Crippen molar-refractivity contribution < 1.29 is 93.8 Å². The fraction of sp³-hybridized carbons (Fsp3) is 0.769. The summed E-state index contributed by atoms with van der Waals surface area (Å²) in [5, 5.41) is 29.7. The van der Waals surface area contributed by atoms with Gasteiger partial charge in [0.25, 0.3) is 0 Å². The van der Waals surface area contributed by atoms with E-state index in [0.717, 1.165) is 93.1 Å². The van der Waals surface area contributed by atoms with Crippen LogP contribution in [0.15, 0.2) is 63.3 Å². The average Bonchev–Trinajstić information content (AvgIpc) is 1.59. The number of alkyl halides is 1. The van der Waals surface area contributed by atoms with Gasteiger partial charge in [0.15, 0.2) is 0 Å². The SMILES string of the molecule is C1C[C@@H]2C[C@H]1[C@H]1O[C@@H]21.C=CCBr.C=CCCC[C@@H]1[C@@H]2CC[C@@H](C2)[C@H]1O.C=CCCC[C@@H]1[C@@H]2CC[C@@H](C2)[C@H]1OC(=O)C[C@H](C(=O)O)C(C)(C)C.C=CCCC[C@H]1[C@H]2CC[C@H](C2)[C@@H]1OC(=O)C[C@H](C(=O)O)C(C)(C)C.C=C[CH2-].[2HH].[2H][2H].[2H][2H].[2H][2H].[2H][2H].[2H][2H].[2H][2H].[2H][2H].[2H][2H].[2H][2H].[Br-].[Mg+2]. The van der Waals surface area contributed by atoms with Gasteiger partial charge in [0.2, 0.25) is 0 Å². The second-order valence-corrected chi connectivity index (χ2v) is 26.7. The number of allylic oxidation sites excluding steroid dienone is 5. The monoisotopic (exact) mass is 1270 g/mol. The number of aliphatic hydroxyl groups is 1. The van der Waals surface area contributed by atoms with E-state index in [9.17, 15) is 34.5 Å². The number of epoxide rings is 1. The van der Waals surface area contributed by atoms with Crippen LogP contribution in [0.25, 0.3) is 0 Å². The van der Waals surface area contributed by atoms with Crippen LogP contribution in [0.1, 0.15) is 217 Å². The van der Waals surface area contributed by atoms with Crippen molar-refractivity contribution in [3.63, 3.8) is 0 Å². The van der Waals surface area contributed by atoms with E-state index >= 15 is 0 Å². The van der Waals surface area contributed by atoms with E-state index in [0.29, 0.717) is 47.3 Å². The molecular weight excluding hydrogens is 1120 g/mol. The van der Waals surface area contributed by atoms with E-state index in [1.165, 1.54) is 83.1 Å². The Morgan fingerprint density at radius 2 is 0.885 bits per heavy atom. The van der Waals surface area contributed by atoms with Gasteiger partial charge in [-0.1, -0.05) is 81.8 Å². The molecular formula is C65H124Br2MgO10. The zero-order valence-electron chi connectivity index (χ0n) is 67.2. The molecule has 10 nitrogen and oxygen atoms in total. The first-order valence-corrected chi connectivity index (χ1v) is 30.8. The van der Waals surface area contributed by atoms with Gasteiger partial charge >= 0.3 is 46.9 Å². The third kappa shape index (κ3) is 21.4. The molecule has 18 atom stereocenters. The van der Waals surface area contributed by atoms with Crippen molar-refractivity contribution in [2.45, 2.75) is 220 Å². The van der Waals surface area contributed by atoms with Gasteiger partial charge in [0.1, 0.15) is 12.2 Å². The van der Waals surface area contributed by atoms with Crippen LogP contribution in [-0.2, 0) is 33.4 Å². The number of carbonyl (C=O) groups excluding carboxylic acids is 2. The molecule has 3 N–H and O–H groups in total. The first-order chi connectivity index (χ1) is 45.1. The van der Waals surface area contributed by atoms with E-state index in [1.807, 2.05) is 59.8 Å². The number of unbranched alkanes of at least 4 members (excludes halogenated alkanes) is 3. The Kier molecular flexibility index (Phi) is 26.2. The molecule has 8 bridgehead atoms. The molecule has 0 aromatic carbocycles. The number of esters is 2. The summed E-state index contributed by atoms with van der Waals surface area (Å²) in [5.41, 5.74) is -0.911. The van der Waals surface area contributed by atoms with Crippen LogP contribution < -0.4 is 17.0 Å². The van der Waals surface area contributed by atoms with Crippen molar-refractivity contribution in [2.75, 3.05) is 5.33 Å². The molecule has 13 heteroatoms. The normalized spacial score (nSPS) is 33.8. The molecule has 9 aliphatic rings. The first kappa shape index (κ1) is 57.9. The number of aliphatic carboxylic acids is 2. The van der Waals surface area contributed by atoms with Gasteiger partial charge in [-0.3, -0.25) is 19.2 Å². The van der Waals surface area contributed by atoms with Crippen molar-refractivity contribution in [3.05, 3.63) is 70.2 Å². The minimum atomic E-state index is -0.921. The van der Waals surface area contributed by atoms with Gasteiger partial charge in [-0.15, -0.1) is 26.3 Å². The number of rotatable bonds is 21. The number of carboxylic acids is 2. The molecule has 0 aromatic heterocycles. The number of ether oxygens (including phenoxy) is 3. The number of halogens is 2. The predicted octanol–water partition coefficient (Wildman–Crippen LogP) is 14.5. The van der Waals surface area contributed by atoms with Crippen molar-refractivity contribution in [1.29, 1.82) is 0 Å². The Labute approximate surface area is 537 Å². The molecule has 8 aliphatic carbocycles. The molecule has 0 amide bonds. The number of carbonyl (C=O) groups is 4. The minimum Gasteiger partial charge on any atom is -1.00 e. The summed E-state index contributed by atoms with van der Waals surface area (Å²) >= 11 is 3.13. The summed E-state index contributed by atoms with van der Waals surface area (Å²) in [6.07, 6.45) is 36.0. The van der Waals surface area contributed by atoms with Gasteiger partial charge in [0, 0.05) is 33.5 Å². The second kappa shape index (κ2) is 35.3. The van der Waals surface area contributed by atoms with Crippen molar-refractivity contribution in [1.82, 2.24) is 0 Å². The standard InChI is InChI=1S/2C20H32O4.C12H20O.C7H10O.C3H5Br.C3H5.BrH.Mg.10H2/c2*1-5-6-7-8-15-13-9-10-14(11-13)18(15)24-17(21)12-16(19(22)23)20(2,3)4;1-2-3-4-5-11-9-6-7-10(8-9)12(11)13;1-2-5-3-4(1)6-7(5)8-6;1-2-3-4;1-3-2;;;;;;;;;;;;/h2*5,13-16,18H,1,6-12H2,2-4H3,(H,22,23);2,9-13H,1,3-8H2;4-7H,1-3H2;2H,1,3H2;3H,1-2H2;1H;;10*1H/q;;;;;-1;;+2;;;;;;;;;;/p-1/t13-,14+,15-,16+,18-;13-,14+,15-,16-,18-;9-,10+,11-,12-;4-,5+,6+,7-;;;;;;;;;;;;;;/m011.............../s1/i;;;;;;;;9*1+1D;1+1. The average molecular weight is 1270 g/mol. The second-order valence-electron chi connectivity index (χ2n) is 26.1. The van der Waals surface area contributed by atoms with Gasteiger partial charge < -0.3 is 46.5 Å². The van der Waals surface area contributed by atoms with E-state index in [4.69, 9.17) is 40.9 Å². The van der Waals surface area contributed by atoms with Crippen LogP contribution in [0.3, 0.4) is 0 Å². The van der Waals surface area contributed by atoms with E-state index in [2.05, 4.69) is 55.7 Å². The molecule has 8 saturated carbocycles. The molecule has 1 saturated heterocycles. The summed E-state index contributed by atoms with van der Waals surface area (Å²) in [4.78, 5) is 47.8. The zero-order chi connectivity index (χ0) is 74.3. The maximum absolute atomic E-state index is 12.4. The number of hydrogen-bond donors (Lipinski definition) is 3. The largest absolute Gasteiger partial charge is 2.00 e. The Morgan fingerprint density at radius 1 is 0.590 bits per heavy atom. The number of hydrogen-bond acceptors (Lipinski definition) is 8. The number of fused-ring (bicyclic) bond motifs is 11. The summed E-state index contributed by atoms with van der Waals surface area (Å²) in [7, 11) is 0. The Hall–Kier alpha value is -1.90. The molecule has 460 valence electrons. The van der Waals surface area contributed by atoms with Crippen LogP contribution in [0.2, 0.25) is 0 Å². The molecule has 1 aliphatic heterocycles. The Bertz CT molecular complexity index is 1840. The smallest absolute Gasteiger partial charge is 1.00 e. The fourth-order valence-corrected chi connectivity index (χ4v) is 15.0. The molecule has 9 fully saturated rings. The topological polar surface area (TPSA) is 160 Å². The molecule has 9 rings (SSSR count). The molecule has 78 heavy (non-hydrogen) atoms. The quantitative estimate of drug-likeness (QED) is 0.0192. The third-order valence-electron chi connectivity index (χ3n) is 19.0. The van der Waals surface area contributed by atoms with Gasteiger partial charge in [-0.05, 0) is 211 Å². The maximum atomic E-state index is 12.4. The first-order valence-electron chi connectivity index (χ1n) is 38.7. The minimum absolute atomic E-state index is 0. The van der Waals surface area contributed by atoms with Crippen LogP contribution in [0.4, 0.5) is 0 Å². The summed E-state index contributed by atoms with van der Waals surface area (Å²) in [6, 6.07) is 0. The number of aliphatic hydroxyl groups excluding tert-OH is 1. The predicted molar refractivity (Wildman–Crippen MR) is 337 cm³/mol. The molecule has 0 unspecified atom stereocenters. The maximum Gasteiger partial charge on any atom is 2.00 e. The van der Waals surface area contributed by atoms with E-state index < -0.39 is 34.6 Å². The Morgan fingerprint density at radius 3 is 1.17 bits per heavy atom. The Balaban J connectivity index is -0.000000140. The van der Waals surface area contributed by atoms with Crippen molar-refractivity contribution >= 4 is 62.9 Å². The van der Waals surface area contributed by atoms with Gasteiger partial charge in [-0.2, -0.15) is 0 Å². The molecule has 1 heterocycles.